The predicted octanol–water partition coefficient (Wildman–Crippen LogP) is 3.07. The van der Waals surface area contributed by atoms with E-state index in [1.807, 2.05) is 6.20 Å². The van der Waals surface area contributed by atoms with Gasteiger partial charge >= 0.3 is 0 Å². The number of hydrogen-bond acceptors (Lipinski definition) is 2. The summed E-state index contributed by atoms with van der Waals surface area (Å²) in [7, 11) is 0. The van der Waals surface area contributed by atoms with E-state index < -0.39 is 0 Å². The smallest absolute Gasteiger partial charge is 0.177 e. The number of aromatic nitrogens is 4. The van der Waals surface area contributed by atoms with E-state index >= 15 is 0 Å². The Bertz CT molecular complexity index is 693. The number of nitrogens with one attached hydrogen (secondary N) is 1. The SMILES string of the molecule is CCCc1ccn(Cc2c(C)cnc3nc[nH]c23)c1. The number of imidazole rings is 1. The number of pyridine rings is 1. The largest absolute Gasteiger partial charge is 0.350 e. The van der Waals surface area contributed by atoms with Gasteiger partial charge in [0.25, 0.3) is 0 Å². The lowest BCUT2D eigenvalue weighted by molar-refractivity contribution is 0.796. The summed E-state index contributed by atoms with van der Waals surface area (Å²) in [5, 5.41) is 0. The number of nitrogens with zero attached hydrogens (tertiary/aromatic N) is 3. The second-order valence-electron chi connectivity index (χ2n) is 4.96. The van der Waals surface area contributed by atoms with E-state index in [0.29, 0.717) is 0 Å². The van der Waals surface area contributed by atoms with Crippen LogP contribution in [-0.2, 0) is 13.0 Å². The van der Waals surface area contributed by atoms with Gasteiger partial charge in [-0.25, -0.2) is 9.97 Å². The van der Waals surface area contributed by atoms with Gasteiger partial charge in [0.2, 0.25) is 0 Å². The molecule has 0 aliphatic heterocycles. The lowest BCUT2D eigenvalue weighted by atomic mass is 10.1. The molecule has 3 heterocycles. The lowest BCUT2D eigenvalue weighted by Gasteiger charge is -2.07. The van der Waals surface area contributed by atoms with Crippen LogP contribution in [0.3, 0.4) is 0 Å². The minimum absolute atomic E-state index is 0.793. The maximum atomic E-state index is 4.33. The molecule has 1 N–H and O–H groups in total. The van der Waals surface area contributed by atoms with Crippen LogP contribution in [0.1, 0.15) is 30.0 Å². The first-order valence-corrected chi connectivity index (χ1v) is 6.70. The van der Waals surface area contributed by atoms with Crippen molar-refractivity contribution in [2.24, 2.45) is 0 Å². The van der Waals surface area contributed by atoms with E-state index in [9.17, 15) is 0 Å². The molecule has 98 valence electrons. The number of fused-ring (bicyclic) bond motifs is 1. The zero-order chi connectivity index (χ0) is 13.2. The molecule has 3 aromatic heterocycles. The van der Waals surface area contributed by atoms with Gasteiger partial charge in [-0.2, -0.15) is 0 Å². The molecule has 0 fully saturated rings. The highest BCUT2D eigenvalue weighted by Crippen LogP contribution is 2.18. The van der Waals surface area contributed by atoms with Crippen molar-refractivity contribution in [3.63, 3.8) is 0 Å². The molecule has 0 bridgehead atoms. The van der Waals surface area contributed by atoms with Crippen LogP contribution in [0.15, 0.2) is 31.0 Å². The number of H-pyrrole nitrogens is 1. The molecule has 0 unspecified atom stereocenters. The Morgan fingerprint density at radius 2 is 2.21 bits per heavy atom. The first kappa shape index (κ1) is 12.0. The minimum atomic E-state index is 0.793. The van der Waals surface area contributed by atoms with Crippen molar-refractivity contribution in [1.82, 2.24) is 19.5 Å². The van der Waals surface area contributed by atoms with E-state index in [1.165, 1.54) is 23.1 Å². The Labute approximate surface area is 112 Å². The van der Waals surface area contributed by atoms with Crippen LogP contribution >= 0.6 is 0 Å². The molecular formula is C15H18N4. The van der Waals surface area contributed by atoms with Crippen molar-refractivity contribution >= 4 is 11.2 Å². The van der Waals surface area contributed by atoms with Crippen LogP contribution < -0.4 is 0 Å². The molecule has 0 saturated heterocycles. The fraction of sp³-hybridized carbons (Fsp3) is 0.333. The molecule has 0 aliphatic rings. The van der Waals surface area contributed by atoms with Gasteiger partial charge in [0, 0.05) is 30.7 Å². The standard InChI is InChI=1S/C15H18N4/c1-3-4-12-5-6-19(8-12)9-13-11(2)7-16-15-14(13)17-10-18-15/h5-8,10H,3-4,9H2,1-2H3,(H,16,17,18). The number of aryl methyl sites for hydroxylation is 2. The molecule has 3 aromatic rings. The molecule has 0 aliphatic carbocycles. The van der Waals surface area contributed by atoms with Crippen molar-refractivity contribution < 1.29 is 0 Å². The zero-order valence-electron chi connectivity index (χ0n) is 11.3. The molecule has 0 aromatic carbocycles. The average molecular weight is 254 g/mol. The van der Waals surface area contributed by atoms with Crippen LogP contribution in [0.2, 0.25) is 0 Å². The van der Waals surface area contributed by atoms with Crippen molar-refractivity contribution in [3.8, 4) is 0 Å². The van der Waals surface area contributed by atoms with E-state index in [4.69, 9.17) is 0 Å². The summed E-state index contributed by atoms with van der Waals surface area (Å²) in [6, 6.07) is 2.20. The van der Waals surface area contributed by atoms with Crippen LogP contribution in [0.25, 0.3) is 11.2 Å². The van der Waals surface area contributed by atoms with Crippen molar-refractivity contribution in [2.45, 2.75) is 33.2 Å². The van der Waals surface area contributed by atoms with Crippen molar-refractivity contribution in [2.75, 3.05) is 0 Å². The van der Waals surface area contributed by atoms with Gasteiger partial charge in [0.1, 0.15) is 0 Å². The average Bonchev–Trinajstić information content (AvgIpc) is 3.02. The molecule has 4 nitrogen and oxygen atoms in total. The van der Waals surface area contributed by atoms with E-state index in [2.05, 4.69) is 51.8 Å². The van der Waals surface area contributed by atoms with Crippen LogP contribution in [0.4, 0.5) is 0 Å². The topological polar surface area (TPSA) is 46.5 Å². The van der Waals surface area contributed by atoms with E-state index in [1.54, 1.807) is 6.33 Å². The maximum absolute atomic E-state index is 4.33. The van der Waals surface area contributed by atoms with Crippen LogP contribution in [0, 0.1) is 6.92 Å². The van der Waals surface area contributed by atoms with Crippen molar-refractivity contribution in [1.29, 1.82) is 0 Å². The normalized spacial score (nSPS) is 11.3. The fourth-order valence-corrected chi connectivity index (χ4v) is 2.45. The second kappa shape index (κ2) is 4.88. The fourth-order valence-electron chi connectivity index (χ4n) is 2.45. The third-order valence-corrected chi connectivity index (χ3v) is 3.47. The number of hydrogen-bond donors (Lipinski definition) is 1. The summed E-state index contributed by atoms with van der Waals surface area (Å²) in [6.07, 6.45) is 10.3. The summed E-state index contributed by atoms with van der Waals surface area (Å²) in [4.78, 5) is 11.7. The number of aromatic amines is 1. The minimum Gasteiger partial charge on any atom is -0.350 e. The van der Waals surface area contributed by atoms with Crippen LogP contribution in [-0.4, -0.2) is 19.5 Å². The van der Waals surface area contributed by atoms with Gasteiger partial charge < -0.3 is 9.55 Å². The summed E-state index contributed by atoms with van der Waals surface area (Å²) in [5.74, 6) is 0. The Morgan fingerprint density at radius 1 is 1.32 bits per heavy atom. The summed E-state index contributed by atoms with van der Waals surface area (Å²) >= 11 is 0. The molecular weight excluding hydrogens is 236 g/mol. The van der Waals surface area contributed by atoms with Gasteiger partial charge in [-0.1, -0.05) is 13.3 Å². The summed E-state index contributed by atoms with van der Waals surface area (Å²) in [6.45, 7) is 5.16. The van der Waals surface area contributed by atoms with Gasteiger partial charge in [0.15, 0.2) is 5.65 Å². The Hall–Kier alpha value is -2.10. The molecule has 19 heavy (non-hydrogen) atoms. The molecule has 0 amide bonds. The molecule has 3 rings (SSSR count). The van der Waals surface area contributed by atoms with E-state index in [0.717, 1.165) is 24.1 Å². The highest BCUT2D eigenvalue weighted by atomic mass is 15.0. The highest BCUT2D eigenvalue weighted by Gasteiger charge is 2.08. The van der Waals surface area contributed by atoms with Gasteiger partial charge in [-0.3, -0.25) is 0 Å². The molecule has 4 heteroatoms. The first-order valence-electron chi connectivity index (χ1n) is 6.70. The first-order chi connectivity index (χ1) is 9.28. The maximum Gasteiger partial charge on any atom is 0.177 e. The van der Waals surface area contributed by atoms with Gasteiger partial charge in [0.05, 0.1) is 11.8 Å². The summed E-state index contributed by atoms with van der Waals surface area (Å²) < 4.78 is 2.23. The third-order valence-electron chi connectivity index (χ3n) is 3.47. The third kappa shape index (κ3) is 2.26. The molecule has 0 spiro atoms. The van der Waals surface area contributed by atoms with Gasteiger partial charge in [-0.15, -0.1) is 0 Å². The molecule has 0 saturated carbocycles. The number of rotatable bonds is 4. The Kier molecular flexibility index (Phi) is 3.07. The lowest BCUT2D eigenvalue weighted by Crippen LogP contribution is -2.01. The van der Waals surface area contributed by atoms with Gasteiger partial charge in [-0.05, 0) is 30.5 Å². The van der Waals surface area contributed by atoms with Crippen LogP contribution in [0.5, 0.6) is 0 Å². The molecule has 0 atom stereocenters. The Balaban J connectivity index is 1.95. The van der Waals surface area contributed by atoms with Crippen molar-refractivity contribution in [3.05, 3.63) is 47.7 Å². The predicted molar refractivity (Wildman–Crippen MR) is 76.2 cm³/mol. The highest BCUT2D eigenvalue weighted by molar-refractivity contribution is 5.75. The Morgan fingerprint density at radius 3 is 3.05 bits per heavy atom. The van der Waals surface area contributed by atoms with E-state index in [-0.39, 0.29) is 0 Å². The monoisotopic (exact) mass is 254 g/mol. The zero-order valence-corrected chi connectivity index (χ0v) is 11.3. The summed E-state index contributed by atoms with van der Waals surface area (Å²) in [5.41, 5.74) is 5.70. The molecule has 0 radical (unpaired) electrons. The second-order valence-corrected chi connectivity index (χ2v) is 4.96. The quantitative estimate of drug-likeness (QED) is 0.777.